The lowest BCUT2D eigenvalue weighted by atomic mass is 9.84. The minimum Gasteiger partial charge on any atom is -0.492 e. The second kappa shape index (κ2) is 6.04. The first-order chi connectivity index (χ1) is 11.0. The molecule has 3 rings (SSSR count). The number of nitrogens with two attached hydrogens (primary N) is 1. The van der Waals surface area contributed by atoms with Gasteiger partial charge in [-0.3, -0.25) is 9.79 Å². The van der Waals surface area contributed by atoms with Crippen molar-refractivity contribution < 1.29 is 18.7 Å². The van der Waals surface area contributed by atoms with E-state index in [2.05, 4.69) is 4.99 Å². The van der Waals surface area contributed by atoms with E-state index >= 15 is 0 Å². The molecule has 2 N–H and O–H groups in total. The number of benzene rings is 1. The lowest BCUT2D eigenvalue weighted by Gasteiger charge is -2.31. The third-order valence-corrected chi connectivity index (χ3v) is 3.89. The molecule has 2 heterocycles. The molecule has 0 saturated carbocycles. The van der Waals surface area contributed by atoms with Gasteiger partial charge in [0.1, 0.15) is 12.4 Å². The van der Waals surface area contributed by atoms with Crippen LogP contribution < -0.4 is 5.73 Å². The van der Waals surface area contributed by atoms with Crippen molar-refractivity contribution in [2.24, 2.45) is 10.7 Å². The van der Waals surface area contributed by atoms with Gasteiger partial charge in [-0.15, -0.1) is 0 Å². The van der Waals surface area contributed by atoms with E-state index in [1.54, 1.807) is 19.1 Å². The molecule has 23 heavy (non-hydrogen) atoms. The number of aliphatic imine (C=N–C) groups is 1. The van der Waals surface area contributed by atoms with Crippen LogP contribution in [0.15, 0.2) is 52.2 Å². The third kappa shape index (κ3) is 2.70. The van der Waals surface area contributed by atoms with Crippen LogP contribution in [-0.2, 0) is 14.3 Å². The Morgan fingerprint density at radius 1 is 1.43 bits per heavy atom. The van der Waals surface area contributed by atoms with Crippen molar-refractivity contribution in [3.8, 4) is 0 Å². The normalized spacial score (nSPS) is 20.9. The van der Waals surface area contributed by atoms with E-state index in [0.29, 0.717) is 23.5 Å². The van der Waals surface area contributed by atoms with E-state index < -0.39 is 5.92 Å². The maximum absolute atomic E-state index is 13.2. The van der Waals surface area contributed by atoms with Gasteiger partial charge in [0.05, 0.1) is 18.1 Å². The molecule has 0 amide bonds. The van der Waals surface area contributed by atoms with Crippen LogP contribution >= 0.6 is 11.6 Å². The van der Waals surface area contributed by atoms with E-state index in [9.17, 15) is 9.18 Å². The first-order valence-electron chi connectivity index (χ1n) is 7.06. The molecule has 2 aliphatic rings. The average Bonchev–Trinajstić information content (AvgIpc) is 2.53. The van der Waals surface area contributed by atoms with Crippen LogP contribution in [0.2, 0.25) is 0 Å². The first kappa shape index (κ1) is 15.6. The van der Waals surface area contributed by atoms with Crippen LogP contribution in [0.5, 0.6) is 0 Å². The molecular formula is C16H14ClFN2O3. The van der Waals surface area contributed by atoms with E-state index in [-0.39, 0.29) is 35.0 Å². The highest BCUT2D eigenvalue weighted by Crippen LogP contribution is 2.42. The van der Waals surface area contributed by atoms with Crippen LogP contribution in [0, 0.1) is 5.82 Å². The Morgan fingerprint density at radius 3 is 2.78 bits per heavy atom. The first-order valence-corrected chi connectivity index (χ1v) is 7.44. The highest BCUT2D eigenvalue weighted by Gasteiger charge is 2.40. The summed E-state index contributed by atoms with van der Waals surface area (Å²) in [6.07, 6.45) is 0. The zero-order valence-corrected chi connectivity index (χ0v) is 13.1. The van der Waals surface area contributed by atoms with E-state index in [0.717, 1.165) is 0 Å². The van der Waals surface area contributed by atoms with E-state index in [4.69, 9.17) is 26.8 Å². The van der Waals surface area contributed by atoms with Gasteiger partial charge in [-0.2, -0.15) is 0 Å². The van der Waals surface area contributed by atoms with E-state index in [1.807, 2.05) is 0 Å². The SMILES string of the molecule is CCOC1=C(N)OC2=C(C(=O)CN=C2Cl)C1c1ccc(F)cc1. The van der Waals surface area contributed by atoms with Gasteiger partial charge in [0.2, 0.25) is 5.88 Å². The summed E-state index contributed by atoms with van der Waals surface area (Å²) in [4.78, 5) is 16.3. The van der Waals surface area contributed by atoms with Crippen LogP contribution in [0.4, 0.5) is 4.39 Å². The van der Waals surface area contributed by atoms with Gasteiger partial charge in [0.15, 0.2) is 22.5 Å². The van der Waals surface area contributed by atoms with Gasteiger partial charge in [0, 0.05) is 0 Å². The Labute approximate surface area is 137 Å². The topological polar surface area (TPSA) is 73.9 Å². The van der Waals surface area contributed by atoms with Crippen LogP contribution in [0.3, 0.4) is 0 Å². The van der Waals surface area contributed by atoms with E-state index in [1.165, 1.54) is 12.1 Å². The number of hydrogen-bond acceptors (Lipinski definition) is 5. The molecule has 2 aliphatic heterocycles. The fraction of sp³-hybridized carbons (Fsp3) is 0.250. The third-order valence-electron chi connectivity index (χ3n) is 3.60. The number of Topliss-reactive ketones (excluding diaryl/α,β-unsaturated/α-hetero) is 1. The number of allylic oxidation sites excluding steroid dienone is 2. The number of ether oxygens (including phenoxy) is 2. The van der Waals surface area contributed by atoms with Gasteiger partial charge in [-0.05, 0) is 24.6 Å². The quantitative estimate of drug-likeness (QED) is 0.920. The van der Waals surface area contributed by atoms with Crippen molar-refractivity contribution >= 4 is 22.6 Å². The average molecular weight is 337 g/mol. The predicted octanol–water partition coefficient (Wildman–Crippen LogP) is 2.58. The Morgan fingerprint density at radius 2 is 2.13 bits per heavy atom. The van der Waals surface area contributed by atoms with Crippen molar-refractivity contribution in [1.29, 1.82) is 0 Å². The van der Waals surface area contributed by atoms with Gasteiger partial charge in [0.25, 0.3) is 0 Å². The molecule has 7 heteroatoms. The minimum atomic E-state index is -0.601. The van der Waals surface area contributed by atoms with Crippen molar-refractivity contribution in [2.45, 2.75) is 12.8 Å². The summed E-state index contributed by atoms with van der Waals surface area (Å²) < 4.78 is 24.3. The number of halogens is 2. The molecule has 5 nitrogen and oxygen atoms in total. The van der Waals surface area contributed by atoms with Crippen LogP contribution in [0.25, 0.3) is 0 Å². The standard InChI is InChI=1S/C16H14ClFN2O3/c1-2-22-14-11(8-3-5-9(18)6-4-8)12-10(21)7-20-15(17)13(12)23-16(14)19/h3-6,11H,2,7,19H2,1H3. The highest BCUT2D eigenvalue weighted by atomic mass is 35.5. The molecular weight excluding hydrogens is 323 g/mol. The number of dihydropyridines is 1. The highest BCUT2D eigenvalue weighted by molar-refractivity contribution is 6.70. The lowest BCUT2D eigenvalue weighted by Crippen LogP contribution is -2.31. The summed E-state index contributed by atoms with van der Waals surface area (Å²) in [5, 5.41) is 0.0882. The van der Waals surface area contributed by atoms with Gasteiger partial charge >= 0.3 is 0 Å². The summed E-state index contributed by atoms with van der Waals surface area (Å²) in [5.41, 5.74) is 6.93. The second-order valence-corrected chi connectivity index (χ2v) is 5.38. The van der Waals surface area contributed by atoms with Gasteiger partial charge < -0.3 is 15.2 Å². The van der Waals surface area contributed by atoms with Crippen LogP contribution in [-0.4, -0.2) is 24.1 Å². The maximum Gasteiger partial charge on any atom is 0.230 e. The zero-order chi connectivity index (χ0) is 16.6. The maximum atomic E-state index is 13.2. The number of carbonyl (C=O) groups excluding carboxylic acids is 1. The number of hydrogen-bond donors (Lipinski definition) is 1. The molecule has 0 aliphatic carbocycles. The minimum absolute atomic E-state index is 0.0166. The number of carbonyl (C=O) groups is 1. The predicted molar refractivity (Wildman–Crippen MR) is 83.3 cm³/mol. The molecule has 0 radical (unpaired) electrons. The Hall–Kier alpha value is -2.34. The van der Waals surface area contributed by atoms with Crippen molar-refractivity contribution in [1.82, 2.24) is 0 Å². The summed E-state index contributed by atoms with van der Waals surface area (Å²) >= 11 is 6.06. The van der Waals surface area contributed by atoms with Crippen molar-refractivity contribution in [3.05, 3.63) is 58.6 Å². The van der Waals surface area contributed by atoms with Crippen molar-refractivity contribution in [2.75, 3.05) is 13.2 Å². The molecule has 0 fully saturated rings. The molecule has 0 bridgehead atoms. The molecule has 1 aromatic carbocycles. The molecule has 1 aromatic rings. The van der Waals surface area contributed by atoms with Gasteiger partial charge in [-0.25, -0.2) is 4.39 Å². The summed E-state index contributed by atoms with van der Waals surface area (Å²) in [6.45, 7) is 2.07. The monoisotopic (exact) mass is 336 g/mol. The lowest BCUT2D eigenvalue weighted by molar-refractivity contribution is -0.115. The zero-order valence-electron chi connectivity index (χ0n) is 12.3. The molecule has 0 spiro atoms. The molecule has 0 aromatic heterocycles. The number of rotatable bonds is 3. The fourth-order valence-electron chi connectivity index (χ4n) is 2.64. The van der Waals surface area contributed by atoms with Crippen molar-refractivity contribution in [3.63, 3.8) is 0 Å². The summed E-state index contributed by atoms with van der Waals surface area (Å²) in [7, 11) is 0. The molecule has 0 saturated heterocycles. The van der Waals surface area contributed by atoms with Gasteiger partial charge in [-0.1, -0.05) is 23.7 Å². The molecule has 1 unspecified atom stereocenters. The van der Waals surface area contributed by atoms with Crippen LogP contribution in [0.1, 0.15) is 18.4 Å². The Bertz CT molecular complexity index is 753. The Kier molecular flexibility index (Phi) is 4.09. The number of ketones is 1. The summed E-state index contributed by atoms with van der Waals surface area (Å²) in [6, 6.07) is 5.78. The molecule has 120 valence electrons. The second-order valence-electron chi connectivity index (χ2n) is 5.02. The fourth-order valence-corrected chi connectivity index (χ4v) is 2.84. The number of nitrogens with zero attached hydrogens (tertiary/aromatic N) is 1. The largest absolute Gasteiger partial charge is 0.492 e. The Balaban J connectivity index is 2.18. The molecule has 1 atom stereocenters. The smallest absolute Gasteiger partial charge is 0.230 e. The summed E-state index contributed by atoms with van der Waals surface area (Å²) in [5.74, 6) is -0.738.